The molecular formula is C15H17ClN6O. The minimum absolute atomic E-state index is 0. The van der Waals surface area contributed by atoms with Gasteiger partial charge >= 0.3 is 0 Å². The number of nitrogens with two attached hydrogens (primary N) is 1. The van der Waals surface area contributed by atoms with Gasteiger partial charge in [0.1, 0.15) is 0 Å². The topological polar surface area (TPSA) is 95.7 Å². The molecule has 7 nitrogen and oxygen atoms in total. The van der Waals surface area contributed by atoms with E-state index in [-0.39, 0.29) is 12.4 Å². The van der Waals surface area contributed by atoms with E-state index in [0.717, 1.165) is 31.4 Å². The molecule has 0 amide bonds. The zero-order chi connectivity index (χ0) is 15.0. The molecule has 0 bridgehead atoms. The van der Waals surface area contributed by atoms with Crippen LogP contribution < -0.4 is 5.73 Å². The first-order valence-corrected chi connectivity index (χ1v) is 7.36. The summed E-state index contributed by atoms with van der Waals surface area (Å²) in [6, 6.07) is 9.74. The highest BCUT2D eigenvalue weighted by Gasteiger charge is 2.36. The van der Waals surface area contributed by atoms with Crippen LogP contribution in [0.3, 0.4) is 0 Å². The highest BCUT2D eigenvalue weighted by atomic mass is 35.5. The molecule has 2 N–H and O–H groups in total. The molecule has 0 atom stereocenters. The summed E-state index contributed by atoms with van der Waals surface area (Å²) in [5.41, 5.74) is 7.35. The Hall–Kier alpha value is -2.25. The molecule has 1 aliphatic rings. The molecule has 4 rings (SSSR count). The van der Waals surface area contributed by atoms with Crippen molar-refractivity contribution in [2.45, 2.75) is 31.2 Å². The van der Waals surface area contributed by atoms with E-state index in [2.05, 4.69) is 20.5 Å². The molecule has 8 heteroatoms. The number of para-hydroxylation sites is 1. The smallest absolute Gasteiger partial charge is 0.280 e. The molecular weight excluding hydrogens is 316 g/mol. The third-order valence-electron chi connectivity index (χ3n) is 4.10. The van der Waals surface area contributed by atoms with Crippen LogP contribution in [0.15, 0.2) is 41.1 Å². The lowest BCUT2D eigenvalue weighted by Crippen LogP contribution is -2.34. The van der Waals surface area contributed by atoms with Crippen LogP contribution in [-0.4, -0.2) is 25.1 Å². The van der Waals surface area contributed by atoms with E-state index in [4.69, 9.17) is 10.3 Å². The van der Waals surface area contributed by atoms with Crippen LogP contribution in [0, 0.1) is 0 Å². The summed E-state index contributed by atoms with van der Waals surface area (Å²) in [7, 11) is 0. The van der Waals surface area contributed by atoms with Crippen molar-refractivity contribution in [3.05, 3.63) is 42.4 Å². The van der Waals surface area contributed by atoms with Crippen molar-refractivity contribution in [2.75, 3.05) is 0 Å². The van der Waals surface area contributed by atoms with Crippen LogP contribution in [-0.2, 0) is 5.54 Å². The fourth-order valence-electron chi connectivity index (χ4n) is 2.83. The molecule has 1 aromatic carbocycles. The summed E-state index contributed by atoms with van der Waals surface area (Å²) in [5.74, 6) is 0.920. The van der Waals surface area contributed by atoms with Crippen LogP contribution in [0.5, 0.6) is 0 Å². The van der Waals surface area contributed by atoms with E-state index in [9.17, 15) is 0 Å². The Morgan fingerprint density at radius 3 is 2.61 bits per heavy atom. The second kappa shape index (κ2) is 6.10. The minimum atomic E-state index is -0.461. The molecule has 1 saturated carbocycles. The molecule has 0 spiro atoms. The first-order valence-electron chi connectivity index (χ1n) is 7.36. The summed E-state index contributed by atoms with van der Waals surface area (Å²) in [5, 5.41) is 12.2. The molecule has 0 saturated heterocycles. The molecule has 23 heavy (non-hydrogen) atoms. The predicted octanol–water partition coefficient (Wildman–Crippen LogP) is 2.47. The van der Waals surface area contributed by atoms with Crippen LogP contribution >= 0.6 is 12.4 Å². The van der Waals surface area contributed by atoms with Gasteiger partial charge < -0.3 is 10.3 Å². The number of benzene rings is 1. The van der Waals surface area contributed by atoms with Crippen molar-refractivity contribution < 1.29 is 4.52 Å². The highest BCUT2D eigenvalue weighted by molar-refractivity contribution is 5.85. The summed E-state index contributed by atoms with van der Waals surface area (Å²) in [6.07, 6.45) is 5.75. The van der Waals surface area contributed by atoms with Gasteiger partial charge in [0.25, 0.3) is 5.89 Å². The van der Waals surface area contributed by atoms with Crippen LogP contribution in [0.1, 0.15) is 31.5 Å². The van der Waals surface area contributed by atoms with Gasteiger partial charge in [-0.2, -0.15) is 4.98 Å². The van der Waals surface area contributed by atoms with Gasteiger partial charge in [-0.05, 0) is 25.0 Å². The zero-order valence-corrected chi connectivity index (χ0v) is 13.2. The van der Waals surface area contributed by atoms with Crippen molar-refractivity contribution in [2.24, 2.45) is 5.73 Å². The lowest BCUT2D eigenvalue weighted by molar-refractivity contribution is 0.372. The second-order valence-electron chi connectivity index (χ2n) is 5.67. The standard InChI is InChI=1S/C15H16N6O.ClH/c16-15(8-4-5-9-15)14-17-13(22-19-14)12-10-21(20-18-12)11-6-2-1-3-7-11;/h1-3,6-7,10H,4-5,8-9,16H2;1H. The van der Waals surface area contributed by atoms with Gasteiger partial charge in [0.05, 0.1) is 17.4 Å². The maximum atomic E-state index is 6.34. The van der Waals surface area contributed by atoms with E-state index in [1.807, 2.05) is 30.3 Å². The average molecular weight is 333 g/mol. The summed E-state index contributed by atoms with van der Waals surface area (Å²) in [6.45, 7) is 0. The largest absolute Gasteiger partial charge is 0.332 e. The second-order valence-corrected chi connectivity index (χ2v) is 5.67. The average Bonchev–Trinajstić information content (AvgIpc) is 3.28. The first kappa shape index (κ1) is 15.6. The predicted molar refractivity (Wildman–Crippen MR) is 86.2 cm³/mol. The van der Waals surface area contributed by atoms with Gasteiger partial charge in [-0.15, -0.1) is 17.5 Å². The number of rotatable bonds is 3. The van der Waals surface area contributed by atoms with Crippen LogP contribution in [0.4, 0.5) is 0 Å². The Kier molecular flexibility index (Phi) is 4.14. The fraction of sp³-hybridized carbons (Fsp3) is 0.333. The van der Waals surface area contributed by atoms with Crippen molar-refractivity contribution in [3.63, 3.8) is 0 Å². The van der Waals surface area contributed by atoms with E-state index >= 15 is 0 Å². The molecule has 1 aliphatic carbocycles. The van der Waals surface area contributed by atoms with Crippen molar-refractivity contribution >= 4 is 12.4 Å². The van der Waals surface area contributed by atoms with E-state index in [1.54, 1.807) is 10.9 Å². The number of halogens is 1. The Bertz CT molecular complexity index is 778. The normalized spacial score (nSPS) is 16.2. The summed E-state index contributed by atoms with van der Waals surface area (Å²) >= 11 is 0. The highest BCUT2D eigenvalue weighted by Crippen LogP contribution is 2.35. The Labute approximate surface area is 139 Å². The minimum Gasteiger partial charge on any atom is -0.332 e. The third kappa shape index (κ3) is 2.85. The maximum Gasteiger partial charge on any atom is 0.280 e. The third-order valence-corrected chi connectivity index (χ3v) is 4.10. The molecule has 1 fully saturated rings. The van der Waals surface area contributed by atoms with Gasteiger partial charge in [0.2, 0.25) is 0 Å². The number of hydrogen-bond acceptors (Lipinski definition) is 6. The SMILES string of the molecule is Cl.NC1(c2noc(-c3cn(-c4ccccc4)nn3)n2)CCCC1. The van der Waals surface area contributed by atoms with Gasteiger partial charge in [0, 0.05) is 0 Å². The Morgan fingerprint density at radius 1 is 1.13 bits per heavy atom. The lowest BCUT2D eigenvalue weighted by Gasteiger charge is -2.17. The number of aromatic nitrogens is 5. The van der Waals surface area contributed by atoms with Gasteiger partial charge in [-0.25, -0.2) is 4.68 Å². The molecule has 120 valence electrons. The van der Waals surface area contributed by atoms with Crippen molar-refractivity contribution in [1.82, 2.24) is 25.1 Å². The first-order chi connectivity index (χ1) is 10.7. The fourth-order valence-corrected chi connectivity index (χ4v) is 2.83. The molecule has 3 aromatic rings. The monoisotopic (exact) mass is 332 g/mol. The van der Waals surface area contributed by atoms with Crippen molar-refractivity contribution in [3.8, 4) is 17.3 Å². The van der Waals surface area contributed by atoms with Crippen LogP contribution in [0.2, 0.25) is 0 Å². The molecule has 2 aromatic heterocycles. The Balaban J connectivity index is 0.00000156. The molecule has 0 radical (unpaired) electrons. The maximum absolute atomic E-state index is 6.34. The lowest BCUT2D eigenvalue weighted by atomic mass is 9.99. The van der Waals surface area contributed by atoms with Gasteiger partial charge in [-0.3, -0.25) is 0 Å². The van der Waals surface area contributed by atoms with Gasteiger partial charge in [-0.1, -0.05) is 41.4 Å². The number of nitrogens with zero attached hydrogens (tertiary/aromatic N) is 5. The quantitative estimate of drug-likeness (QED) is 0.791. The molecule has 0 aliphatic heterocycles. The van der Waals surface area contributed by atoms with E-state index in [1.165, 1.54) is 0 Å². The van der Waals surface area contributed by atoms with Crippen LogP contribution in [0.25, 0.3) is 17.3 Å². The van der Waals surface area contributed by atoms with E-state index in [0.29, 0.717) is 17.4 Å². The molecule has 2 heterocycles. The summed E-state index contributed by atoms with van der Waals surface area (Å²) < 4.78 is 6.99. The molecule has 0 unspecified atom stereocenters. The Morgan fingerprint density at radius 2 is 1.87 bits per heavy atom. The summed E-state index contributed by atoms with van der Waals surface area (Å²) in [4.78, 5) is 4.42. The van der Waals surface area contributed by atoms with Crippen molar-refractivity contribution in [1.29, 1.82) is 0 Å². The zero-order valence-electron chi connectivity index (χ0n) is 12.4. The number of hydrogen-bond donors (Lipinski definition) is 1. The van der Waals surface area contributed by atoms with Gasteiger partial charge in [0.15, 0.2) is 11.5 Å². The van der Waals surface area contributed by atoms with E-state index < -0.39 is 5.54 Å².